The van der Waals surface area contributed by atoms with Gasteiger partial charge in [0.1, 0.15) is 0 Å². The van der Waals surface area contributed by atoms with Crippen LogP contribution in [0.2, 0.25) is 0 Å². The molecule has 0 aliphatic rings. The first kappa shape index (κ1) is 19.4. The quantitative estimate of drug-likeness (QED) is 0.691. The van der Waals surface area contributed by atoms with Crippen molar-refractivity contribution in [2.45, 2.75) is 33.2 Å². The van der Waals surface area contributed by atoms with E-state index in [2.05, 4.69) is 10.4 Å². The summed E-state index contributed by atoms with van der Waals surface area (Å²) in [6.07, 6.45) is 1.60. The zero-order chi connectivity index (χ0) is 20.3. The van der Waals surface area contributed by atoms with Crippen molar-refractivity contribution in [2.24, 2.45) is 5.73 Å². The number of hydrogen-bond donors (Lipinski definition) is 2. The van der Waals surface area contributed by atoms with Crippen molar-refractivity contribution in [1.82, 2.24) is 15.1 Å². The first-order valence-corrected chi connectivity index (χ1v) is 9.18. The lowest BCUT2D eigenvalue weighted by molar-refractivity contribution is 0.0949. The molecule has 3 N–H and O–H groups in total. The maximum Gasteiger partial charge on any atom is 0.255 e. The molecular formula is C22H24N4O2. The average molecular weight is 376 g/mol. The Kier molecular flexibility index (Phi) is 5.59. The van der Waals surface area contributed by atoms with Crippen molar-refractivity contribution in [2.75, 3.05) is 0 Å². The minimum absolute atomic E-state index is 0.114. The first-order valence-electron chi connectivity index (χ1n) is 9.18. The van der Waals surface area contributed by atoms with Crippen LogP contribution in [-0.4, -0.2) is 21.6 Å². The van der Waals surface area contributed by atoms with Gasteiger partial charge >= 0.3 is 0 Å². The molecule has 0 bridgehead atoms. The highest BCUT2D eigenvalue weighted by molar-refractivity contribution is 5.95. The van der Waals surface area contributed by atoms with Crippen LogP contribution >= 0.6 is 0 Å². The number of carbonyl (C=O) groups excluding carboxylic acids is 2. The van der Waals surface area contributed by atoms with E-state index in [1.165, 1.54) is 0 Å². The van der Waals surface area contributed by atoms with Gasteiger partial charge in [-0.3, -0.25) is 9.59 Å². The number of aromatic nitrogens is 2. The van der Waals surface area contributed by atoms with E-state index in [0.717, 1.165) is 22.5 Å². The van der Waals surface area contributed by atoms with E-state index in [4.69, 9.17) is 5.73 Å². The molecule has 144 valence electrons. The lowest BCUT2D eigenvalue weighted by Crippen LogP contribution is -2.24. The Morgan fingerprint density at radius 2 is 1.86 bits per heavy atom. The zero-order valence-corrected chi connectivity index (χ0v) is 16.3. The fourth-order valence-electron chi connectivity index (χ4n) is 3.09. The summed E-state index contributed by atoms with van der Waals surface area (Å²) in [4.78, 5) is 24.1. The maximum atomic E-state index is 12.8. The molecule has 6 nitrogen and oxygen atoms in total. The Balaban J connectivity index is 1.83. The number of primary amides is 1. The van der Waals surface area contributed by atoms with Gasteiger partial charge in [-0.1, -0.05) is 43.7 Å². The molecule has 1 aromatic heterocycles. The number of aryl methyl sites for hydroxylation is 1. The predicted octanol–water partition coefficient (Wildman–Crippen LogP) is 3.33. The minimum atomic E-state index is -0.491. The van der Waals surface area contributed by atoms with Crippen molar-refractivity contribution < 1.29 is 9.59 Å². The molecule has 28 heavy (non-hydrogen) atoms. The summed E-state index contributed by atoms with van der Waals surface area (Å²) < 4.78 is 1.81. The maximum absolute atomic E-state index is 12.8. The Morgan fingerprint density at radius 3 is 2.50 bits per heavy atom. The third kappa shape index (κ3) is 4.11. The van der Waals surface area contributed by atoms with Crippen molar-refractivity contribution in [1.29, 1.82) is 0 Å². The molecule has 6 heteroatoms. The monoisotopic (exact) mass is 376 g/mol. The van der Waals surface area contributed by atoms with Crippen molar-refractivity contribution in [3.63, 3.8) is 0 Å². The number of nitrogens with one attached hydrogen (secondary N) is 1. The van der Waals surface area contributed by atoms with Crippen molar-refractivity contribution in [3.05, 3.63) is 82.7 Å². The van der Waals surface area contributed by atoms with E-state index in [1.54, 1.807) is 24.4 Å². The summed E-state index contributed by atoms with van der Waals surface area (Å²) in [5.74, 6) is -0.580. The van der Waals surface area contributed by atoms with Gasteiger partial charge in [-0.2, -0.15) is 5.10 Å². The third-order valence-electron chi connectivity index (χ3n) is 4.54. The molecular weight excluding hydrogens is 352 g/mol. The van der Waals surface area contributed by atoms with Gasteiger partial charge in [0.2, 0.25) is 5.91 Å². The highest BCUT2D eigenvalue weighted by Gasteiger charge is 2.20. The molecule has 2 amide bonds. The summed E-state index contributed by atoms with van der Waals surface area (Å²) in [6, 6.07) is 14.9. The molecule has 2 aromatic carbocycles. The topological polar surface area (TPSA) is 90.0 Å². The number of benzene rings is 2. The van der Waals surface area contributed by atoms with Gasteiger partial charge in [0.25, 0.3) is 5.91 Å². The van der Waals surface area contributed by atoms with Crippen LogP contribution in [0.4, 0.5) is 0 Å². The molecule has 0 fully saturated rings. The van der Waals surface area contributed by atoms with Crippen LogP contribution in [0.3, 0.4) is 0 Å². The van der Waals surface area contributed by atoms with Gasteiger partial charge in [-0.25, -0.2) is 4.68 Å². The molecule has 0 saturated heterocycles. The van der Waals surface area contributed by atoms with Gasteiger partial charge in [0.15, 0.2) is 0 Å². The summed E-state index contributed by atoms with van der Waals surface area (Å²) in [6.45, 7) is 6.40. The summed E-state index contributed by atoms with van der Waals surface area (Å²) in [7, 11) is 0. The molecule has 0 saturated carbocycles. The van der Waals surface area contributed by atoms with Crippen LogP contribution < -0.4 is 11.1 Å². The molecule has 0 aliphatic heterocycles. The van der Waals surface area contributed by atoms with Crippen LogP contribution in [0.25, 0.3) is 5.69 Å². The second-order valence-corrected chi connectivity index (χ2v) is 7.09. The fourth-order valence-corrected chi connectivity index (χ4v) is 3.09. The zero-order valence-electron chi connectivity index (χ0n) is 16.3. The molecule has 3 rings (SSSR count). The number of nitrogens with zero attached hydrogens (tertiary/aromatic N) is 2. The van der Waals surface area contributed by atoms with Crippen LogP contribution in [0.5, 0.6) is 0 Å². The van der Waals surface area contributed by atoms with E-state index >= 15 is 0 Å². The van der Waals surface area contributed by atoms with Gasteiger partial charge in [-0.05, 0) is 42.7 Å². The number of rotatable bonds is 6. The van der Waals surface area contributed by atoms with Crippen LogP contribution in [-0.2, 0) is 6.54 Å². The SMILES string of the molecule is Cc1ccc(-n2ncc(C(=O)NCc3cccc(C(N)=O)c3)c2C(C)C)cc1. The fraction of sp³-hybridized carbons (Fsp3) is 0.227. The van der Waals surface area contributed by atoms with Gasteiger partial charge < -0.3 is 11.1 Å². The molecule has 0 atom stereocenters. The second kappa shape index (κ2) is 8.08. The summed E-state index contributed by atoms with van der Waals surface area (Å²) >= 11 is 0. The predicted molar refractivity (Wildman–Crippen MR) is 109 cm³/mol. The second-order valence-electron chi connectivity index (χ2n) is 7.09. The first-order chi connectivity index (χ1) is 13.4. The molecule has 0 radical (unpaired) electrons. The van der Waals surface area contributed by atoms with E-state index in [-0.39, 0.29) is 11.8 Å². The lowest BCUT2D eigenvalue weighted by Gasteiger charge is -2.13. The Bertz CT molecular complexity index is 1000. The number of amides is 2. The smallest absolute Gasteiger partial charge is 0.255 e. The number of nitrogens with two attached hydrogens (primary N) is 1. The summed E-state index contributed by atoms with van der Waals surface area (Å²) in [5, 5.41) is 7.35. The van der Waals surface area contributed by atoms with Gasteiger partial charge in [0, 0.05) is 12.1 Å². The van der Waals surface area contributed by atoms with Crippen LogP contribution in [0, 0.1) is 6.92 Å². The molecule has 3 aromatic rings. The van der Waals surface area contributed by atoms with E-state index in [9.17, 15) is 9.59 Å². The largest absolute Gasteiger partial charge is 0.366 e. The molecule has 1 heterocycles. The highest BCUT2D eigenvalue weighted by Crippen LogP contribution is 2.23. The van der Waals surface area contributed by atoms with Crippen LogP contribution in [0.15, 0.2) is 54.7 Å². The average Bonchev–Trinajstić information content (AvgIpc) is 3.12. The molecule has 0 unspecified atom stereocenters. The lowest BCUT2D eigenvalue weighted by atomic mass is 10.0. The van der Waals surface area contributed by atoms with Gasteiger partial charge in [0.05, 0.1) is 23.1 Å². The highest BCUT2D eigenvalue weighted by atomic mass is 16.2. The third-order valence-corrected chi connectivity index (χ3v) is 4.54. The van der Waals surface area contributed by atoms with E-state index in [1.807, 2.05) is 55.8 Å². The van der Waals surface area contributed by atoms with Crippen LogP contribution in [0.1, 0.15) is 57.3 Å². The molecule has 0 aliphatic carbocycles. The summed E-state index contributed by atoms with van der Waals surface area (Å²) in [5.41, 5.74) is 10.0. The van der Waals surface area contributed by atoms with Gasteiger partial charge in [-0.15, -0.1) is 0 Å². The standard InChI is InChI=1S/C22H24N4O2/c1-14(2)20-19(13-25-26(20)18-9-7-15(3)8-10-18)22(28)24-12-16-5-4-6-17(11-16)21(23)27/h4-11,13-14H,12H2,1-3H3,(H2,23,27)(H,24,28). The number of hydrogen-bond acceptors (Lipinski definition) is 3. The normalized spacial score (nSPS) is 10.9. The van der Waals surface area contributed by atoms with E-state index in [0.29, 0.717) is 17.7 Å². The number of carbonyl (C=O) groups is 2. The Hall–Kier alpha value is -3.41. The van der Waals surface area contributed by atoms with Crippen molar-refractivity contribution >= 4 is 11.8 Å². The molecule has 0 spiro atoms. The Labute approximate surface area is 164 Å². The van der Waals surface area contributed by atoms with Crippen molar-refractivity contribution in [3.8, 4) is 5.69 Å². The minimum Gasteiger partial charge on any atom is -0.366 e. The van der Waals surface area contributed by atoms with E-state index < -0.39 is 5.91 Å². The Morgan fingerprint density at radius 1 is 1.14 bits per heavy atom.